The van der Waals surface area contributed by atoms with Crippen molar-refractivity contribution in [2.45, 2.75) is 0 Å². The monoisotopic (exact) mass is 1210 g/mol. The molecule has 11 aromatic rings. The van der Waals surface area contributed by atoms with E-state index in [4.69, 9.17) is 23.7 Å². The van der Waals surface area contributed by atoms with Gasteiger partial charge in [0.2, 0.25) is 0 Å². The van der Waals surface area contributed by atoms with Crippen molar-refractivity contribution in [3.05, 3.63) is 204 Å². The summed E-state index contributed by atoms with van der Waals surface area (Å²) in [5.41, 5.74) is 13.1. The Labute approximate surface area is 502 Å². The van der Waals surface area contributed by atoms with E-state index in [0.717, 1.165) is 100 Å². The van der Waals surface area contributed by atoms with Gasteiger partial charge in [0.05, 0.1) is 11.1 Å². The van der Waals surface area contributed by atoms with Crippen LogP contribution < -0.4 is 54.0 Å². The summed E-state index contributed by atoms with van der Waals surface area (Å²) in [6.45, 7) is 0. The predicted octanol–water partition coefficient (Wildman–Crippen LogP) is 10.9. The average molecular weight is 1210 g/mol. The number of H-pyrrole nitrogens is 1. The number of aromatic amines is 1. The fourth-order valence-electron chi connectivity index (χ4n) is 7.88. The fourth-order valence-corrected chi connectivity index (χ4v) is 9.82. The molecule has 6 heterocycles. The van der Waals surface area contributed by atoms with Crippen molar-refractivity contribution >= 4 is 97.2 Å². The van der Waals surface area contributed by atoms with Crippen LogP contribution in [0.3, 0.4) is 0 Å². The van der Waals surface area contributed by atoms with Crippen LogP contribution in [0.4, 0.5) is 17.1 Å². The number of nitriles is 2. The number of pyridine rings is 3. The van der Waals surface area contributed by atoms with E-state index in [0.29, 0.717) is 28.3 Å². The summed E-state index contributed by atoms with van der Waals surface area (Å²) in [4.78, 5) is 33.3. The Morgan fingerprint density at radius 1 is 0.494 bits per heavy atom. The molecule has 20 heteroatoms. The summed E-state index contributed by atoms with van der Waals surface area (Å²) in [6.07, 6.45) is 10.9. The number of rotatable bonds is 14. The molecule has 392 valence electrons. The summed E-state index contributed by atoms with van der Waals surface area (Å²) in [7, 11) is 12.1. The summed E-state index contributed by atoms with van der Waals surface area (Å²) in [5.74, 6) is 1.24. The number of hydrogen-bond acceptors (Lipinski definition) is 15. The largest absolute Gasteiger partial charge is 1.00 e. The molecule has 16 nitrogen and oxygen atoms in total. The number of anilines is 3. The van der Waals surface area contributed by atoms with Crippen LogP contribution in [0.1, 0.15) is 11.1 Å². The molecule has 6 aromatic heterocycles. The second-order valence-corrected chi connectivity index (χ2v) is 20.3. The Morgan fingerprint density at radius 2 is 0.886 bits per heavy atom. The minimum Gasteiger partial charge on any atom is -0.870 e. The van der Waals surface area contributed by atoms with Gasteiger partial charge >= 0.3 is 29.6 Å². The van der Waals surface area contributed by atoms with E-state index in [1.54, 1.807) is 34.7 Å². The summed E-state index contributed by atoms with van der Waals surface area (Å²) in [5, 5.41) is 21.3. The van der Waals surface area contributed by atoms with Crippen molar-refractivity contribution in [1.82, 2.24) is 27.9 Å². The van der Waals surface area contributed by atoms with Gasteiger partial charge in [-0.3, -0.25) is 0 Å². The number of nitrogens with one attached hydrogen (secondary N) is 1. The minimum atomic E-state index is 0. The maximum absolute atomic E-state index is 9.53. The number of nitrogens with zero attached hydrogens (tertiary/aromatic N) is 10. The first-order valence-corrected chi connectivity index (χ1v) is 26.4. The van der Waals surface area contributed by atoms with Crippen LogP contribution in [0.15, 0.2) is 189 Å². The molecule has 0 saturated carbocycles. The van der Waals surface area contributed by atoms with E-state index >= 15 is 0 Å². The number of aromatic nitrogens is 6. The van der Waals surface area contributed by atoms with Crippen molar-refractivity contribution in [3.63, 3.8) is 0 Å². The molecule has 0 fully saturated rings. The van der Waals surface area contributed by atoms with Crippen LogP contribution in [0, 0.1) is 26.2 Å². The van der Waals surface area contributed by atoms with Crippen LogP contribution in [-0.2, 0) is 8.67 Å². The third-order valence-corrected chi connectivity index (χ3v) is 14.1. The molecule has 0 aliphatic carbocycles. The summed E-state index contributed by atoms with van der Waals surface area (Å²) < 4.78 is 15.2. The van der Waals surface area contributed by atoms with Gasteiger partial charge in [0.25, 0.3) is 0 Å². The molecule has 0 bridgehead atoms. The van der Waals surface area contributed by atoms with Crippen LogP contribution in [0.5, 0.6) is 11.5 Å². The van der Waals surface area contributed by atoms with E-state index in [1.807, 2.05) is 143 Å². The molecule has 2 N–H and O–H groups in total. The van der Waals surface area contributed by atoms with E-state index in [2.05, 4.69) is 131 Å². The van der Waals surface area contributed by atoms with Crippen molar-refractivity contribution in [2.24, 2.45) is 0 Å². The Morgan fingerprint density at radius 3 is 1.32 bits per heavy atom. The fraction of sp³-hybridized carbons (Fsp3) is 0.102. The van der Waals surface area contributed by atoms with Gasteiger partial charge in [-0.25, -0.2) is 22.9 Å². The molecule has 79 heavy (non-hydrogen) atoms. The first kappa shape index (κ1) is 59.1. The number of benzene rings is 5. The van der Waals surface area contributed by atoms with Gasteiger partial charge in [-0.2, -0.15) is 10.5 Å². The molecular formula is C59H51IN11NaO5S2. The Hall–Kier alpha value is -7.54. The van der Waals surface area contributed by atoms with Gasteiger partial charge in [-0.05, 0) is 118 Å². The van der Waals surface area contributed by atoms with Gasteiger partial charge in [-0.1, -0.05) is 81.5 Å². The van der Waals surface area contributed by atoms with Gasteiger partial charge < -0.3 is 34.9 Å². The molecule has 0 spiro atoms. The normalized spacial score (nSPS) is 10.4. The van der Waals surface area contributed by atoms with Crippen molar-refractivity contribution in [2.75, 3.05) is 57.0 Å². The van der Waals surface area contributed by atoms with E-state index in [9.17, 15) is 5.26 Å². The zero-order valence-electron chi connectivity index (χ0n) is 44.1. The molecule has 5 aromatic carbocycles. The van der Waals surface area contributed by atoms with Crippen molar-refractivity contribution < 1.29 is 53.5 Å². The molecule has 11 rings (SSSR count). The number of hydrogen-bond donors (Lipinski definition) is 1. The SMILES string of the molecule is CN(C)c1ccc(-c2cnc3[nH]cc(C#N)c3c2)cc1.CN(C)c1ccc(-c2cnc3c(c2)c(C#N)cn3SOOc2ccccc2)cc1.CN(C)c1ccc(-c2cnc3c(c2)c(I)cn3SOOc2ccccc2)cc1.[Na+].[OH-]. The van der Waals surface area contributed by atoms with Crippen LogP contribution in [0.2, 0.25) is 0 Å². The third kappa shape index (κ3) is 14.6. The van der Waals surface area contributed by atoms with Gasteiger partial charge in [0.1, 0.15) is 17.8 Å². The first-order valence-electron chi connectivity index (χ1n) is 23.9. The molecule has 0 aliphatic rings. The maximum Gasteiger partial charge on any atom is 1.00 e. The zero-order valence-corrected chi connectivity index (χ0v) is 49.9. The average Bonchev–Trinajstić information content (AvgIpc) is 4.17. The smallest absolute Gasteiger partial charge is 0.870 e. The maximum atomic E-state index is 9.53. The Balaban J connectivity index is 0.000000172. The Bertz CT molecular complexity index is 3850. The standard InChI is InChI=1S/C22H18N4O2S.C21H18IN3O2S.C16H14N4.Na.H2O/c1-25(2)19-10-8-16(9-11-19)17-12-21-18(13-23)15-26(22(21)24-14-17)29-28-27-20-6-4-3-5-7-20;1-24(2)17-10-8-15(9-11-17)16-12-19-20(22)14-25(21(19)23-13-16)28-27-26-18-6-4-3-5-7-18;1-20(2)14-5-3-11(4-6-14)12-7-15-13(8-17)10-19-16(15)18-9-12;;/h3-12,14-15H,1-2H3;3-14H,1-2H3;3-7,9-10H,1-2H3,(H,18,19);;1H2/q;;;+1;/p-1. The number of fused-ring (bicyclic) bond motifs is 3. The van der Waals surface area contributed by atoms with Crippen LogP contribution in [0.25, 0.3) is 66.5 Å². The summed E-state index contributed by atoms with van der Waals surface area (Å²) in [6, 6.07) is 54.1. The molecule has 0 amide bonds. The second kappa shape index (κ2) is 27.9. The number of halogens is 1. The van der Waals surface area contributed by atoms with Crippen molar-refractivity contribution in [1.29, 1.82) is 10.5 Å². The Kier molecular flexibility index (Phi) is 20.9. The van der Waals surface area contributed by atoms with Crippen molar-refractivity contribution in [3.8, 4) is 57.0 Å². The number of para-hydroxylation sites is 2. The molecule has 0 atom stereocenters. The van der Waals surface area contributed by atoms with Gasteiger partial charge in [0.15, 0.2) is 47.3 Å². The first-order chi connectivity index (χ1) is 37.5. The van der Waals surface area contributed by atoms with Crippen LogP contribution in [-0.4, -0.2) is 75.6 Å². The second-order valence-electron chi connectivity index (χ2n) is 17.8. The molecule has 0 aliphatic heterocycles. The van der Waals surface area contributed by atoms with E-state index in [1.165, 1.54) is 5.69 Å². The molecule has 0 unspecified atom stereocenters. The van der Waals surface area contributed by atoms with Gasteiger partial charge in [0, 0.05) is 133 Å². The zero-order chi connectivity index (χ0) is 53.8. The van der Waals surface area contributed by atoms with Crippen LogP contribution >= 0.6 is 47.0 Å². The quantitative estimate of drug-likeness (QED) is 0.0356. The molecule has 0 saturated heterocycles. The predicted molar refractivity (Wildman–Crippen MR) is 321 cm³/mol. The van der Waals surface area contributed by atoms with Gasteiger partial charge in [-0.15, -0.1) is 0 Å². The van der Waals surface area contributed by atoms with E-state index in [-0.39, 0.29) is 35.0 Å². The summed E-state index contributed by atoms with van der Waals surface area (Å²) >= 11 is 4.37. The topological polar surface area (TPSA) is 189 Å². The minimum absolute atomic E-state index is 0. The molecule has 0 radical (unpaired) electrons. The van der Waals surface area contributed by atoms with E-state index < -0.39 is 0 Å². The molecular weight excluding hydrogens is 1160 g/mol. The third-order valence-electron chi connectivity index (χ3n) is 12.1.